The zero-order valence-corrected chi connectivity index (χ0v) is 31.4. The number of amidine groups is 2. The molecule has 1 heterocycles. The molecular weight excluding hydrogens is 679 g/mol. The Morgan fingerprint density at radius 3 is 2.11 bits per heavy atom. The summed E-state index contributed by atoms with van der Waals surface area (Å²) in [4.78, 5) is 12.8. The third kappa shape index (κ3) is 5.88. The summed E-state index contributed by atoms with van der Waals surface area (Å²) in [5.41, 5.74) is 12.8. The first-order chi connectivity index (χ1) is 27.6. The molecule has 0 radical (unpaired) electrons. The van der Waals surface area contributed by atoms with E-state index in [0.717, 1.165) is 45.6 Å². The Kier molecular flexibility index (Phi) is 8.38. The average Bonchev–Trinajstić information content (AvgIpc) is 3.27. The van der Waals surface area contributed by atoms with Crippen LogP contribution in [-0.4, -0.2) is 23.6 Å². The Bertz CT molecular complexity index is 2870. The molecule has 0 fully saturated rings. The summed E-state index contributed by atoms with van der Waals surface area (Å²) in [7, 11) is 2.10. The van der Waals surface area contributed by atoms with E-state index in [-0.39, 0.29) is 6.17 Å². The van der Waals surface area contributed by atoms with Crippen LogP contribution < -0.4 is 0 Å². The minimum Gasteiger partial charge on any atom is -0.333 e. The molecular formula is C53H39N3. The van der Waals surface area contributed by atoms with Gasteiger partial charge in [-0.2, -0.15) is 0 Å². The van der Waals surface area contributed by atoms with E-state index in [1.165, 1.54) is 49.4 Å². The van der Waals surface area contributed by atoms with Gasteiger partial charge < -0.3 is 4.90 Å². The number of benzene rings is 7. The highest BCUT2D eigenvalue weighted by atomic mass is 15.3. The maximum atomic E-state index is 5.37. The largest absolute Gasteiger partial charge is 0.333 e. The molecule has 3 nitrogen and oxygen atoms in total. The second kappa shape index (κ2) is 14.0. The summed E-state index contributed by atoms with van der Waals surface area (Å²) >= 11 is 0. The van der Waals surface area contributed by atoms with Gasteiger partial charge >= 0.3 is 0 Å². The minimum absolute atomic E-state index is 0.292. The van der Waals surface area contributed by atoms with E-state index < -0.39 is 0 Å². The summed E-state index contributed by atoms with van der Waals surface area (Å²) in [6.45, 7) is 2.37. The first kappa shape index (κ1) is 33.5. The van der Waals surface area contributed by atoms with Crippen LogP contribution in [-0.2, 0) is 0 Å². The van der Waals surface area contributed by atoms with Crippen molar-refractivity contribution in [1.82, 2.24) is 4.90 Å². The van der Waals surface area contributed by atoms with E-state index in [1.54, 1.807) is 0 Å². The van der Waals surface area contributed by atoms with Crippen molar-refractivity contribution in [1.29, 1.82) is 0 Å². The molecule has 1 aliphatic carbocycles. The molecule has 2 aliphatic rings. The number of fused-ring (bicyclic) bond motifs is 6. The number of hydrogen-bond acceptors (Lipinski definition) is 3. The van der Waals surface area contributed by atoms with E-state index in [1.807, 2.05) is 18.2 Å². The molecule has 8 aromatic rings. The van der Waals surface area contributed by atoms with Gasteiger partial charge in [0.2, 0.25) is 0 Å². The normalized spacial score (nSPS) is 16.3. The zero-order valence-electron chi connectivity index (χ0n) is 31.4. The molecule has 0 saturated carbocycles. The standard InChI is InChI=1S/C53H39N3/c1-35-16-13-29-48-46-28-12-11-27-45(46)47-31-30-40(34-49(47)50(35)48)44-26-10-9-25-43(44)39-22-15-24-42(33-39)53-55-51(54-52(56(53)2)37-19-7-4-8-20-37)41-23-14-21-38(32-41)36-17-5-3-6-18-36/h3-5,7-15,17,19-35,53H,16H2,1-2H3. The molecule has 3 heteroatoms. The Hall–Kier alpha value is -7.02. The predicted molar refractivity (Wildman–Crippen MR) is 234 cm³/mol. The van der Waals surface area contributed by atoms with Crippen LogP contribution in [0.15, 0.2) is 180 Å². The van der Waals surface area contributed by atoms with Crippen molar-refractivity contribution in [3.05, 3.63) is 210 Å². The van der Waals surface area contributed by atoms with Gasteiger partial charge in [-0.3, -0.25) is 0 Å². The molecule has 2 unspecified atom stereocenters. The molecule has 1 aliphatic heterocycles. The molecule has 0 aromatic heterocycles. The Labute approximate surface area is 328 Å². The van der Waals surface area contributed by atoms with Gasteiger partial charge in [-0.25, -0.2) is 9.98 Å². The van der Waals surface area contributed by atoms with Crippen molar-refractivity contribution < 1.29 is 0 Å². The molecule has 0 amide bonds. The van der Waals surface area contributed by atoms with Crippen LogP contribution in [0.1, 0.15) is 53.2 Å². The molecule has 0 bridgehead atoms. The molecule has 2 atom stereocenters. The third-order valence-electron chi connectivity index (χ3n) is 11.4. The molecule has 0 N–H and O–H groups in total. The lowest BCUT2D eigenvalue weighted by molar-refractivity contribution is 0.383. The fraction of sp³-hybridized carbons (Fsp3) is 0.0943. The molecule has 266 valence electrons. The van der Waals surface area contributed by atoms with Gasteiger partial charge in [-0.1, -0.05) is 165 Å². The average molecular weight is 718 g/mol. The monoisotopic (exact) mass is 717 g/mol. The SMILES string of the molecule is CC1CC=Cc2c1c1cc(-c3ccccc3-c3cccc(C4N=C(c5cccc(-c6c#cccc6)c5)N=C(c5ccccc5)N4C)c3)ccc1c1ccccc21. The van der Waals surface area contributed by atoms with Crippen LogP contribution in [0.2, 0.25) is 0 Å². The minimum atomic E-state index is -0.292. The van der Waals surface area contributed by atoms with Gasteiger partial charge in [-0.05, 0) is 109 Å². The Balaban J connectivity index is 1.08. The predicted octanol–water partition coefficient (Wildman–Crippen LogP) is 13.0. The van der Waals surface area contributed by atoms with E-state index in [4.69, 9.17) is 9.98 Å². The molecule has 8 aromatic carbocycles. The van der Waals surface area contributed by atoms with Crippen molar-refractivity contribution in [3.8, 4) is 33.4 Å². The van der Waals surface area contributed by atoms with E-state index in [0.29, 0.717) is 11.8 Å². The molecule has 0 spiro atoms. The fourth-order valence-corrected chi connectivity index (χ4v) is 8.65. The number of nitrogens with zero attached hydrogens (tertiary/aromatic N) is 3. The summed E-state index contributed by atoms with van der Waals surface area (Å²) in [6.07, 6.45) is 5.44. The number of rotatable bonds is 6. The first-order valence-corrected chi connectivity index (χ1v) is 19.4. The van der Waals surface area contributed by atoms with Gasteiger partial charge in [-0.15, -0.1) is 0 Å². The van der Waals surface area contributed by atoms with Crippen LogP contribution >= 0.6 is 0 Å². The van der Waals surface area contributed by atoms with Crippen molar-refractivity contribution in [3.63, 3.8) is 0 Å². The highest BCUT2D eigenvalue weighted by Crippen LogP contribution is 2.44. The van der Waals surface area contributed by atoms with Gasteiger partial charge in [0.25, 0.3) is 0 Å². The maximum Gasteiger partial charge on any atom is 0.159 e. The second-order valence-corrected chi connectivity index (χ2v) is 14.9. The Morgan fingerprint density at radius 1 is 0.589 bits per heavy atom. The fourth-order valence-electron chi connectivity index (χ4n) is 8.65. The molecule has 10 rings (SSSR count). The van der Waals surface area contributed by atoms with Gasteiger partial charge in [0.05, 0.1) is 0 Å². The van der Waals surface area contributed by atoms with Crippen LogP contribution in [0.25, 0.3) is 61.0 Å². The van der Waals surface area contributed by atoms with Crippen molar-refractivity contribution >= 4 is 39.3 Å². The van der Waals surface area contributed by atoms with Gasteiger partial charge in [0.15, 0.2) is 12.0 Å². The van der Waals surface area contributed by atoms with E-state index in [9.17, 15) is 0 Å². The molecule has 56 heavy (non-hydrogen) atoms. The van der Waals surface area contributed by atoms with Crippen molar-refractivity contribution in [2.75, 3.05) is 7.05 Å². The maximum absolute atomic E-state index is 5.37. The van der Waals surface area contributed by atoms with Gasteiger partial charge in [0, 0.05) is 23.7 Å². The van der Waals surface area contributed by atoms with Crippen LogP contribution in [0.3, 0.4) is 0 Å². The topological polar surface area (TPSA) is 28.0 Å². The highest BCUT2D eigenvalue weighted by molar-refractivity contribution is 6.15. The number of aliphatic imine (C=N–C) groups is 2. The van der Waals surface area contributed by atoms with Crippen LogP contribution in [0, 0.1) is 12.1 Å². The first-order valence-electron chi connectivity index (χ1n) is 19.4. The Morgan fingerprint density at radius 2 is 1.29 bits per heavy atom. The van der Waals surface area contributed by atoms with Gasteiger partial charge in [0.1, 0.15) is 5.84 Å². The smallest absolute Gasteiger partial charge is 0.159 e. The van der Waals surface area contributed by atoms with Crippen molar-refractivity contribution in [2.24, 2.45) is 9.98 Å². The number of hydrogen-bond donors (Lipinski definition) is 0. The molecule has 0 saturated heterocycles. The second-order valence-electron chi connectivity index (χ2n) is 14.9. The zero-order chi connectivity index (χ0) is 37.6. The van der Waals surface area contributed by atoms with E-state index >= 15 is 0 Å². The summed E-state index contributed by atoms with van der Waals surface area (Å²) in [6, 6.07) is 64.7. The quantitative estimate of drug-likeness (QED) is 0.157. The third-order valence-corrected chi connectivity index (χ3v) is 11.4. The summed E-state index contributed by atoms with van der Waals surface area (Å²) in [5.74, 6) is 2.03. The highest BCUT2D eigenvalue weighted by Gasteiger charge is 2.27. The summed E-state index contributed by atoms with van der Waals surface area (Å²) < 4.78 is 0. The van der Waals surface area contributed by atoms with Crippen molar-refractivity contribution in [2.45, 2.75) is 25.4 Å². The summed E-state index contributed by atoms with van der Waals surface area (Å²) in [5, 5.41) is 5.32. The number of allylic oxidation sites excluding steroid dienone is 1. The lowest BCUT2D eigenvalue weighted by Crippen LogP contribution is -2.35. The lowest BCUT2D eigenvalue weighted by Gasteiger charge is -2.32. The van der Waals surface area contributed by atoms with E-state index in [2.05, 4.69) is 189 Å². The lowest BCUT2D eigenvalue weighted by atomic mass is 9.80. The van der Waals surface area contributed by atoms with Crippen LogP contribution in [0.4, 0.5) is 0 Å². The van der Waals surface area contributed by atoms with Crippen LogP contribution in [0.5, 0.6) is 0 Å².